The number of nitro benzene ring substituents is 2. The average Bonchev–Trinajstić information content (AvgIpc) is 2.46. The Kier molecular flexibility index (Phi) is 6.29. The number of non-ortho nitro benzene ring substituents is 1. The van der Waals surface area contributed by atoms with Crippen LogP contribution in [0.1, 0.15) is 38.7 Å². The van der Waals surface area contributed by atoms with Crippen LogP contribution in [0.4, 0.5) is 16.2 Å². The normalized spacial score (nSPS) is 11.8. The van der Waals surface area contributed by atoms with E-state index in [4.69, 9.17) is 4.74 Å². The lowest BCUT2D eigenvalue weighted by Gasteiger charge is -2.14. The molecule has 9 heteroatoms. The summed E-state index contributed by atoms with van der Waals surface area (Å²) in [5.41, 5.74) is -0.687. The zero-order chi connectivity index (χ0) is 16.9. The highest BCUT2D eigenvalue weighted by Crippen LogP contribution is 2.40. The van der Waals surface area contributed by atoms with E-state index in [1.54, 1.807) is 13.8 Å². The molecule has 1 aromatic carbocycles. The van der Waals surface area contributed by atoms with Crippen LogP contribution < -0.4 is 4.74 Å². The average molecular weight is 328 g/mol. The van der Waals surface area contributed by atoms with Crippen LogP contribution in [0, 0.1) is 20.2 Å². The molecule has 0 amide bonds. The first-order chi connectivity index (χ1) is 10.3. The number of nitro groups is 2. The third-order valence-corrected chi connectivity index (χ3v) is 3.69. The number of hydrogen-bond donors (Lipinski definition) is 0. The van der Waals surface area contributed by atoms with Crippen LogP contribution in [-0.2, 0) is 0 Å². The van der Waals surface area contributed by atoms with Crippen molar-refractivity contribution in [1.82, 2.24) is 0 Å². The Morgan fingerprint density at radius 2 is 1.91 bits per heavy atom. The first-order valence-corrected chi connectivity index (χ1v) is 7.61. The van der Waals surface area contributed by atoms with Crippen molar-refractivity contribution in [2.45, 2.75) is 33.1 Å². The van der Waals surface area contributed by atoms with E-state index in [0.29, 0.717) is 12.2 Å². The van der Waals surface area contributed by atoms with Crippen molar-refractivity contribution in [2.75, 3.05) is 5.75 Å². The molecule has 0 bridgehead atoms. The highest BCUT2D eigenvalue weighted by atomic mass is 32.2. The summed E-state index contributed by atoms with van der Waals surface area (Å²) in [6.45, 7) is 5.33. The Hall–Kier alpha value is -2.16. The van der Waals surface area contributed by atoms with E-state index in [2.05, 4.69) is 0 Å². The second kappa shape index (κ2) is 7.74. The molecule has 1 rings (SSSR count). The third kappa shape index (κ3) is 4.17. The van der Waals surface area contributed by atoms with E-state index < -0.39 is 26.5 Å². The number of carbonyl (C=O) groups excluding carboxylic acids is 1. The molecule has 1 atom stereocenters. The Morgan fingerprint density at radius 3 is 2.36 bits per heavy atom. The second-order valence-corrected chi connectivity index (χ2v) is 5.69. The van der Waals surface area contributed by atoms with Crippen LogP contribution >= 0.6 is 11.8 Å². The number of hydrogen-bond acceptors (Lipinski definition) is 7. The summed E-state index contributed by atoms with van der Waals surface area (Å²) in [7, 11) is 0. The van der Waals surface area contributed by atoms with Gasteiger partial charge in [0.25, 0.3) is 5.69 Å². The van der Waals surface area contributed by atoms with Crippen molar-refractivity contribution in [3.05, 3.63) is 37.9 Å². The Labute approximate surface area is 131 Å². The van der Waals surface area contributed by atoms with Gasteiger partial charge in [-0.1, -0.05) is 20.8 Å². The van der Waals surface area contributed by atoms with Crippen molar-refractivity contribution in [1.29, 1.82) is 0 Å². The maximum absolute atomic E-state index is 11.7. The molecular weight excluding hydrogens is 312 g/mol. The van der Waals surface area contributed by atoms with Crippen LogP contribution in [0.5, 0.6) is 5.75 Å². The molecule has 0 heterocycles. The molecule has 0 radical (unpaired) electrons. The molecule has 0 fully saturated rings. The Balaban J connectivity index is 3.50. The Bertz CT molecular complexity index is 604. The summed E-state index contributed by atoms with van der Waals surface area (Å²) in [6, 6.07) is 2.03. The van der Waals surface area contributed by atoms with Crippen molar-refractivity contribution in [3.8, 4) is 5.75 Å². The van der Waals surface area contributed by atoms with Gasteiger partial charge in [-0.05, 0) is 24.1 Å². The number of ether oxygens (including phenoxy) is 1. The summed E-state index contributed by atoms with van der Waals surface area (Å²) < 4.78 is 5.10. The highest BCUT2D eigenvalue weighted by molar-refractivity contribution is 8.13. The van der Waals surface area contributed by atoms with Gasteiger partial charge in [0.15, 0.2) is 0 Å². The smallest absolute Gasteiger partial charge is 0.372 e. The number of benzene rings is 1. The van der Waals surface area contributed by atoms with Crippen molar-refractivity contribution < 1.29 is 19.4 Å². The maximum atomic E-state index is 11.7. The van der Waals surface area contributed by atoms with Gasteiger partial charge in [-0.2, -0.15) is 0 Å². The fraction of sp³-hybridized carbons (Fsp3) is 0.462. The first kappa shape index (κ1) is 17.9. The molecule has 0 saturated carbocycles. The van der Waals surface area contributed by atoms with E-state index >= 15 is 0 Å². The largest absolute Gasteiger partial charge is 0.411 e. The summed E-state index contributed by atoms with van der Waals surface area (Å²) >= 11 is 0.867. The molecule has 0 spiro atoms. The number of thioether (sulfide) groups is 1. The second-order valence-electron chi connectivity index (χ2n) is 4.49. The van der Waals surface area contributed by atoms with E-state index in [0.717, 1.165) is 17.8 Å². The third-order valence-electron chi connectivity index (χ3n) is 3.08. The lowest BCUT2D eigenvalue weighted by Crippen LogP contribution is -2.08. The van der Waals surface area contributed by atoms with Crippen LogP contribution in [0.2, 0.25) is 0 Å². The molecule has 0 aliphatic heterocycles. The molecule has 120 valence electrons. The van der Waals surface area contributed by atoms with Gasteiger partial charge in [0.1, 0.15) is 0 Å². The molecule has 0 aliphatic rings. The predicted octanol–water partition coefficient (Wildman–Crippen LogP) is 4.27. The lowest BCUT2D eigenvalue weighted by molar-refractivity contribution is -0.394. The summed E-state index contributed by atoms with van der Waals surface area (Å²) in [6.07, 6.45) is 0.587. The number of nitrogens with zero attached hydrogens (tertiary/aromatic N) is 2. The van der Waals surface area contributed by atoms with Crippen molar-refractivity contribution >= 4 is 28.4 Å². The van der Waals surface area contributed by atoms with Crippen LogP contribution in [0.15, 0.2) is 12.1 Å². The van der Waals surface area contributed by atoms with Gasteiger partial charge in [-0.15, -0.1) is 0 Å². The van der Waals surface area contributed by atoms with Gasteiger partial charge in [0, 0.05) is 17.4 Å². The topological polar surface area (TPSA) is 113 Å². The van der Waals surface area contributed by atoms with E-state index in [9.17, 15) is 25.0 Å². The first-order valence-electron chi connectivity index (χ1n) is 6.63. The summed E-state index contributed by atoms with van der Waals surface area (Å²) in [5.74, 6) is 0.0158. The van der Waals surface area contributed by atoms with Crippen LogP contribution in [-0.4, -0.2) is 20.9 Å². The zero-order valence-electron chi connectivity index (χ0n) is 12.4. The van der Waals surface area contributed by atoms with Gasteiger partial charge < -0.3 is 4.74 Å². The minimum atomic E-state index is -0.780. The molecule has 8 nitrogen and oxygen atoms in total. The molecule has 22 heavy (non-hydrogen) atoms. The predicted molar refractivity (Wildman–Crippen MR) is 82.6 cm³/mol. The minimum Gasteiger partial charge on any atom is -0.411 e. The van der Waals surface area contributed by atoms with Gasteiger partial charge in [-0.3, -0.25) is 20.2 Å². The van der Waals surface area contributed by atoms with E-state index in [-0.39, 0.29) is 17.2 Å². The fourth-order valence-electron chi connectivity index (χ4n) is 1.79. The molecule has 0 saturated heterocycles. The SMILES string of the molecule is CCSC(=O)Oc1c(C(C)CC)cc([N+](=O)[O-])cc1[N+](=O)[O-]. The van der Waals surface area contributed by atoms with Gasteiger partial charge in [0.05, 0.1) is 15.9 Å². The Morgan fingerprint density at radius 1 is 1.27 bits per heavy atom. The highest BCUT2D eigenvalue weighted by Gasteiger charge is 2.29. The van der Waals surface area contributed by atoms with Crippen molar-refractivity contribution in [2.24, 2.45) is 0 Å². The molecular formula is C13H16N2O6S. The molecule has 1 unspecified atom stereocenters. The van der Waals surface area contributed by atoms with Gasteiger partial charge in [-0.25, -0.2) is 4.79 Å². The van der Waals surface area contributed by atoms with Crippen LogP contribution in [0.3, 0.4) is 0 Å². The van der Waals surface area contributed by atoms with Crippen molar-refractivity contribution in [3.63, 3.8) is 0 Å². The molecule has 0 aromatic heterocycles. The van der Waals surface area contributed by atoms with E-state index in [1.165, 1.54) is 6.07 Å². The zero-order valence-corrected chi connectivity index (χ0v) is 13.2. The number of rotatable bonds is 6. The lowest BCUT2D eigenvalue weighted by atomic mass is 9.96. The van der Waals surface area contributed by atoms with E-state index in [1.807, 2.05) is 6.92 Å². The number of carbonyl (C=O) groups is 1. The minimum absolute atomic E-state index is 0.212. The monoisotopic (exact) mass is 328 g/mol. The molecule has 0 aliphatic carbocycles. The quantitative estimate of drug-likeness (QED) is 0.435. The fourth-order valence-corrected chi connectivity index (χ4v) is 2.17. The molecule has 0 N–H and O–H groups in total. The summed E-state index contributed by atoms with van der Waals surface area (Å²) in [4.78, 5) is 32.3. The van der Waals surface area contributed by atoms with Crippen LogP contribution in [0.25, 0.3) is 0 Å². The molecule has 1 aromatic rings. The summed E-state index contributed by atoms with van der Waals surface area (Å²) in [5, 5.41) is 21.5. The van der Waals surface area contributed by atoms with Gasteiger partial charge in [0.2, 0.25) is 5.75 Å². The van der Waals surface area contributed by atoms with Gasteiger partial charge >= 0.3 is 11.0 Å². The standard InChI is InChI=1S/C13H16N2O6S/c1-4-8(3)10-6-9(14(17)18)7-11(15(19)20)12(10)21-13(16)22-5-2/h6-8H,4-5H2,1-3H3. The maximum Gasteiger partial charge on any atom is 0.372 e.